The molecule has 1 saturated heterocycles. The summed E-state index contributed by atoms with van der Waals surface area (Å²) in [5.41, 5.74) is -0.290. The topological polar surface area (TPSA) is 47.6 Å². The number of nitrogens with one attached hydrogen (secondary N) is 1. The van der Waals surface area contributed by atoms with E-state index < -0.39 is 0 Å². The van der Waals surface area contributed by atoms with Gasteiger partial charge in [0.25, 0.3) is 0 Å². The molecule has 1 heterocycles. The van der Waals surface area contributed by atoms with E-state index in [1.54, 1.807) is 0 Å². The smallest absolute Gasteiger partial charge is 0.308 e. The molecule has 0 unspecified atom stereocenters. The Morgan fingerprint density at radius 2 is 2.15 bits per heavy atom. The molecule has 1 aliphatic rings. The van der Waals surface area contributed by atoms with E-state index in [-0.39, 0.29) is 24.0 Å². The van der Waals surface area contributed by atoms with E-state index in [0.717, 1.165) is 13.1 Å². The lowest BCUT2D eigenvalue weighted by Crippen LogP contribution is -2.62. The molecule has 1 rings (SSSR count). The van der Waals surface area contributed by atoms with Crippen LogP contribution in [0.25, 0.3) is 0 Å². The van der Waals surface area contributed by atoms with Crippen LogP contribution in [0, 0.1) is 0 Å². The van der Waals surface area contributed by atoms with Crippen molar-refractivity contribution in [3.05, 3.63) is 0 Å². The molecule has 0 atom stereocenters. The molecular formula is C8H16ClNO3. The molecule has 1 fully saturated rings. The van der Waals surface area contributed by atoms with E-state index in [1.807, 2.05) is 6.92 Å². The van der Waals surface area contributed by atoms with Crippen molar-refractivity contribution >= 4 is 18.4 Å². The number of hydrogen-bond donors (Lipinski definition) is 1. The Hall–Kier alpha value is -0.320. The summed E-state index contributed by atoms with van der Waals surface area (Å²) in [6.07, 6.45) is 0.352. The van der Waals surface area contributed by atoms with Crippen molar-refractivity contribution in [1.29, 1.82) is 0 Å². The fourth-order valence-electron chi connectivity index (χ4n) is 1.32. The minimum Gasteiger partial charge on any atom is -0.469 e. The third-order valence-electron chi connectivity index (χ3n) is 2.04. The number of rotatable bonds is 4. The summed E-state index contributed by atoms with van der Waals surface area (Å²) in [7, 11) is 1.40. The zero-order chi connectivity index (χ0) is 9.03. The fourth-order valence-corrected chi connectivity index (χ4v) is 1.32. The number of methoxy groups -OCH3 is 1. The van der Waals surface area contributed by atoms with Crippen molar-refractivity contribution < 1.29 is 14.3 Å². The maximum absolute atomic E-state index is 11.0. The Bertz CT molecular complexity index is 171. The van der Waals surface area contributed by atoms with Gasteiger partial charge in [-0.25, -0.2) is 0 Å². The number of hydrogen-bond acceptors (Lipinski definition) is 4. The molecule has 0 saturated carbocycles. The number of carbonyl (C=O) groups is 1. The fraction of sp³-hybridized carbons (Fsp3) is 0.875. The van der Waals surface area contributed by atoms with Crippen LogP contribution in [0.2, 0.25) is 0 Å². The first-order chi connectivity index (χ1) is 5.72. The highest BCUT2D eigenvalue weighted by Crippen LogP contribution is 2.21. The second kappa shape index (κ2) is 5.42. The molecule has 0 aliphatic carbocycles. The van der Waals surface area contributed by atoms with Gasteiger partial charge in [0.15, 0.2) is 0 Å². The normalized spacial score (nSPS) is 18.3. The van der Waals surface area contributed by atoms with Crippen LogP contribution in [0.5, 0.6) is 0 Å². The summed E-state index contributed by atoms with van der Waals surface area (Å²) in [6.45, 7) is 4.06. The quantitative estimate of drug-likeness (QED) is 0.679. The minimum absolute atomic E-state index is 0. The lowest BCUT2D eigenvalue weighted by atomic mass is 9.93. The predicted octanol–water partition coefficient (Wildman–Crippen LogP) is 0.350. The lowest BCUT2D eigenvalue weighted by Gasteiger charge is -2.41. The van der Waals surface area contributed by atoms with Gasteiger partial charge in [-0.3, -0.25) is 4.79 Å². The number of halogens is 1. The largest absolute Gasteiger partial charge is 0.469 e. The van der Waals surface area contributed by atoms with Gasteiger partial charge >= 0.3 is 5.97 Å². The van der Waals surface area contributed by atoms with Crippen molar-refractivity contribution in [3.63, 3.8) is 0 Å². The van der Waals surface area contributed by atoms with E-state index in [9.17, 15) is 4.79 Å². The van der Waals surface area contributed by atoms with Crippen LogP contribution in [-0.4, -0.2) is 38.4 Å². The van der Waals surface area contributed by atoms with Crippen molar-refractivity contribution in [3.8, 4) is 0 Å². The second-order valence-corrected chi connectivity index (χ2v) is 2.97. The van der Waals surface area contributed by atoms with Gasteiger partial charge in [-0.1, -0.05) is 0 Å². The third-order valence-corrected chi connectivity index (χ3v) is 2.04. The Balaban J connectivity index is 0.00000144. The van der Waals surface area contributed by atoms with Crippen LogP contribution >= 0.6 is 12.4 Å². The highest BCUT2D eigenvalue weighted by Gasteiger charge is 2.40. The number of esters is 1. The Labute approximate surface area is 84.4 Å². The average Bonchev–Trinajstić information content (AvgIpc) is 2.00. The van der Waals surface area contributed by atoms with E-state index in [1.165, 1.54) is 7.11 Å². The van der Waals surface area contributed by atoms with E-state index >= 15 is 0 Å². The minimum atomic E-state index is -0.290. The van der Waals surface area contributed by atoms with Crippen molar-refractivity contribution in [2.24, 2.45) is 0 Å². The first kappa shape index (κ1) is 12.7. The van der Waals surface area contributed by atoms with Gasteiger partial charge < -0.3 is 14.8 Å². The first-order valence-corrected chi connectivity index (χ1v) is 4.14. The Kier molecular flexibility index (Phi) is 5.29. The van der Waals surface area contributed by atoms with Gasteiger partial charge in [0, 0.05) is 19.7 Å². The number of carbonyl (C=O) groups excluding carboxylic acids is 1. The van der Waals surface area contributed by atoms with E-state index in [4.69, 9.17) is 4.74 Å². The maximum atomic E-state index is 11.0. The molecule has 0 aromatic carbocycles. The molecule has 0 bridgehead atoms. The summed E-state index contributed by atoms with van der Waals surface area (Å²) in [4.78, 5) is 11.0. The van der Waals surface area contributed by atoms with Gasteiger partial charge in [0.2, 0.25) is 0 Å². The summed E-state index contributed by atoms with van der Waals surface area (Å²) < 4.78 is 10.1. The molecular weight excluding hydrogens is 194 g/mol. The molecule has 78 valence electrons. The monoisotopic (exact) mass is 209 g/mol. The SMILES string of the molecule is CCOC1(CC(=O)OC)CNC1.Cl. The summed E-state index contributed by atoms with van der Waals surface area (Å²) in [5, 5.41) is 3.08. The van der Waals surface area contributed by atoms with Crippen molar-refractivity contribution in [2.75, 3.05) is 26.8 Å². The molecule has 0 aromatic heterocycles. The average molecular weight is 210 g/mol. The first-order valence-electron chi connectivity index (χ1n) is 4.14. The summed E-state index contributed by atoms with van der Waals surface area (Å²) >= 11 is 0. The van der Waals surface area contributed by atoms with Crippen LogP contribution < -0.4 is 5.32 Å². The zero-order valence-electron chi connectivity index (χ0n) is 7.96. The molecule has 1 aliphatic heterocycles. The Morgan fingerprint density at radius 1 is 1.54 bits per heavy atom. The lowest BCUT2D eigenvalue weighted by molar-refractivity contribution is -0.153. The van der Waals surface area contributed by atoms with Crippen LogP contribution in [-0.2, 0) is 14.3 Å². The molecule has 1 N–H and O–H groups in total. The van der Waals surface area contributed by atoms with E-state index in [0.29, 0.717) is 13.0 Å². The summed E-state index contributed by atoms with van der Waals surface area (Å²) in [5.74, 6) is -0.204. The van der Waals surface area contributed by atoms with Crippen LogP contribution in [0.4, 0.5) is 0 Å². The van der Waals surface area contributed by atoms with Crippen molar-refractivity contribution in [1.82, 2.24) is 5.32 Å². The van der Waals surface area contributed by atoms with Gasteiger partial charge in [-0.2, -0.15) is 0 Å². The van der Waals surface area contributed by atoms with Crippen LogP contribution in [0.1, 0.15) is 13.3 Å². The Morgan fingerprint density at radius 3 is 2.46 bits per heavy atom. The predicted molar refractivity (Wildman–Crippen MR) is 51.1 cm³/mol. The van der Waals surface area contributed by atoms with Crippen LogP contribution in [0.15, 0.2) is 0 Å². The maximum Gasteiger partial charge on any atom is 0.308 e. The summed E-state index contributed by atoms with van der Waals surface area (Å²) in [6, 6.07) is 0. The van der Waals surface area contributed by atoms with E-state index in [2.05, 4.69) is 10.1 Å². The molecule has 0 radical (unpaired) electrons. The van der Waals surface area contributed by atoms with Crippen molar-refractivity contribution in [2.45, 2.75) is 18.9 Å². The number of ether oxygens (including phenoxy) is 2. The van der Waals surface area contributed by atoms with Crippen LogP contribution in [0.3, 0.4) is 0 Å². The second-order valence-electron chi connectivity index (χ2n) is 2.97. The van der Waals surface area contributed by atoms with Gasteiger partial charge in [-0.15, -0.1) is 12.4 Å². The van der Waals surface area contributed by atoms with Gasteiger partial charge in [0.1, 0.15) is 5.60 Å². The molecule has 13 heavy (non-hydrogen) atoms. The highest BCUT2D eigenvalue weighted by atomic mass is 35.5. The molecule has 0 amide bonds. The standard InChI is InChI=1S/C8H15NO3.ClH/c1-3-12-8(5-9-6-8)4-7(10)11-2;/h9H,3-6H2,1-2H3;1H. The molecule has 4 nitrogen and oxygen atoms in total. The van der Waals surface area contributed by atoms with Gasteiger partial charge in [0.05, 0.1) is 13.5 Å². The third kappa shape index (κ3) is 3.14. The molecule has 5 heteroatoms. The highest BCUT2D eigenvalue weighted by molar-refractivity contribution is 5.85. The van der Waals surface area contributed by atoms with Gasteiger partial charge in [-0.05, 0) is 6.92 Å². The zero-order valence-corrected chi connectivity index (χ0v) is 8.78. The molecule has 0 spiro atoms. The molecule has 0 aromatic rings.